The second-order valence-corrected chi connectivity index (χ2v) is 6.70. The number of nitrogens with zero attached hydrogens (tertiary/aromatic N) is 1. The zero-order chi connectivity index (χ0) is 19.5. The van der Waals surface area contributed by atoms with Gasteiger partial charge in [-0.1, -0.05) is 60.2 Å². The van der Waals surface area contributed by atoms with E-state index in [1.165, 1.54) is 11.1 Å². The Morgan fingerprint density at radius 1 is 0.926 bits per heavy atom. The molecule has 2 rings (SSSR count). The van der Waals surface area contributed by atoms with Crippen molar-refractivity contribution < 1.29 is 14.3 Å². The van der Waals surface area contributed by atoms with Crippen LogP contribution in [0.1, 0.15) is 42.9 Å². The molecule has 0 aromatic heterocycles. The molecular weight excluding hydrogens is 338 g/mol. The number of ether oxygens (including phenoxy) is 1. The Hall–Kier alpha value is -2.62. The Kier molecular flexibility index (Phi) is 8.56. The quantitative estimate of drug-likeness (QED) is 0.588. The molecule has 0 unspecified atom stereocenters. The lowest BCUT2D eigenvalue weighted by molar-refractivity contribution is -0.144. The molecule has 2 aromatic rings. The van der Waals surface area contributed by atoms with E-state index in [-0.39, 0.29) is 18.3 Å². The first-order valence-corrected chi connectivity index (χ1v) is 9.61. The molecule has 0 bridgehead atoms. The summed E-state index contributed by atoms with van der Waals surface area (Å²) in [6.07, 6.45) is 2.38. The summed E-state index contributed by atoms with van der Waals surface area (Å²) < 4.78 is 4.99. The average Bonchev–Trinajstić information content (AvgIpc) is 2.67. The Labute approximate surface area is 162 Å². The maximum atomic E-state index is 12.7. The molecule has 0 heterocycles. The van der Waals surface area contributed by atoms with Crippen LogP contribution in [-0.4, -0.2) is 29.9 Å². The highest BCUT2D eigenvalue weighted by atomic mass is 16.5. The molecule has 0 N–H and O–H groups in total. The van der Waals surface area contributed by atoms with E-state index in [1.807, 2.05) is 30.3 Å². The van der Waals surface area contributed by atoms with Crippen molar-refractivity contribution in [3.63, 3.8) is 0 Å². The van der Waals surface area contributed by atoms with E-state index in [0.29, 0.717) is 26.1 Å². The van der Waals surface area contributed by atoms with E-state index in [9.17, 15) is 9.59 Å². The monoisotopic (exact) mass is 367 g/mol. The Balaban J connectivity index is 1.90. The molecule has 2 aromatic carbocycles. The number of benzene rings is 2. The lowest BCUT2D eigenvalue weighted by Gasteiger charge is -2.22. The number of aryl methyl sites for hydroxylation is 2. The van der Waals surface area contributed by atoms with Crippen molar-refractivity contribution in [1.29, 1.82) is 0 Å². The molecule has 4 nitrogen and oxygen atoms in total. The van der Waals surface area contributed by atoms with Gasteiger partial charge in [0.1, 0.15) is 0 Å². The number of rotatable bonds is 10. The highest BCUT2D eigenvalue weighted by Gasteiger charge is 2.16. The summed E-state index contributed by atoms with van der Waals surface area (Å²) in [5.41, 5.74) is 3.55. The molecule has 0 aliphatic heterocycles. The minimum Gasteiger partial charge on any atom is -0.466 e. The fourth-order valence-corrected chi connectivity index (χ4v) is 2.91. The molecule has 1 amide bonds. The summed E-state index contributed by atoms with van der Waals surface area (Å²) in [6, 6.07) is 18.3. The fourth-order valence-electron chi connectivity index (χ4n) is 2.91. The van der Waals surface area contributed by atoms with E-state index < -0.39 is 0 Å². The Bertz CT molecular complexity index is 710. The van der Waals surface area contributed by atoms with Crippen molar-refractivity contribution in [3.05, 3.63) is 71.3 Å². The van der Waals surface area contributed by atoms with Crippen LogP contribution in [0.25, 0.3) is 0 Å². The van der Waals surface area contributed by atoms with Gasteiger partial charge in [0.05, 0.1) is 13.0 Å². The largest absolute Gasteiger partial charge is 0.466 e. The third-order valence-electron chi connectivity index (χ3n) is 4.44. The Morgan fingerprint density at radius 3 is 2.30 bits per heavy atom. The average molecular weight is 367 g/mol. The zero-order valence-electron chi connectivity index (χ0n) is 16.3. The second-order valence-electron chi connectivity index (χ2n) is 6.70. The van der Waals surface area contributed by atoms with E-state index in [2.05, 4.69) is 31.2 Å². The van der Waals surface area contributed by atoms with Gasteiger partial charge in [0.2, 0.25) is 5.91 Å². The standard InChI is InChI=1S/C23H29NO3/c1-3-27-23(26)16-17-24(18-21-8-5-4-6-9-21)22(25)11-7-10-20-14-12-19(2)13-15-20/h4-6,8-9,12-15H,3,7,10-11,16-18H2,1-2H3. The van der Waals surface area contributed by atoms with Crippen LogP contribution in [-0.2, 0) is 27.3 Å². The Morgan fingerprint density at radius 2 is 1.63 bits per heavy atom. The summed E-state index contributed by atoms with van der Waals surface area (Å²) in [5.74, 6) is -0.182. The van der Waals surface area contributed by atoms with Crippen LogP contribution in [0.15, 0.2) is 54.6 Å². The van der Waals surface area contributed by atoms with Crippen LogP contribution in [0, 0.1) is 6.92 Å². The summed E-state index contributed by atoms with van der Waals surface area (Å²) in [4.78, 5) is 26.2. The fraction of sp³-hybridized carbons (Fsp3) is 0.391. The summed E-state index contributed by atoms with van der Waals surface area (Å²) >= 11 is 0. The molecular formula is C23H29NO3. The van der Waals surface area contributed by atoms with Gasteiger partial charge in [-0.3, -0.25) is 9.59 Å². The summed E-state index contributed by atoms with van der Waals surface area (Å²) in [6.45, 7) is 5.12. The van der Waals surface area contributed by atoms with Gasteiger partial charge in [-0.2, -0.15) is 0 Å². The molecule has 0 atom stereocenters. The van der Waals surface area contributed by atoms with Crippen LogP contribution in [0.2, 0.25) is 0 Å². The predicted molar refractivity (Wildman–Crippen MR) is 107 cm³/mol. The highest BCUT2D eigenvalue weighted by Crippen LogP contribution is 2.11. The van der Waals surface area contributed by atoms with Crippen LogP contribution in [0.4, 0.5) is 0 Å². The van der Waals surface area contributed by atoms with Crippen molar-refractivity contribution in [1.82, 2.24) is 4.90 Å². The third kappa shape index (κ3) is 7.65. The minimum atomic E-state index is -0.261. The molecule has 4 heteroatoms. The summed E-state index contributed by atoms with van der Waals surface area (Å²) in [7, 11) is 0. The van der Waals surface area contributed by atoms with Crippen molar-refractivity contribution in [2.75, 3.05) is 13.2 Å². The number of hydrogen-bond donors (Lipinski definition) is 0. The van der Waals surface area contributed by atoms with Gasteiger partial charge in [0.15, 0.2) is 0 Å². The van der Waals surface area contributed by atoms with Gasteiger partial charge in [0, 0.05) is 19.5 Å². The van der Waals surface area contributed by atoms with Crippen LogP contribution in [0.5, 0.6) is 0 Å². The topological polar surface area (TPSA) is 46.6 Å². The molecule has 0 aliphatic rings. The molecule has 0 spiro atoms. The van der Waals surface area contributed by atoms with Crippen LogP contribution >= 0.6 is 0 Å². The van der Waals surface area contributed by atoms with E-state index in [0.717, 1.165) is 18.4 Å². The first-order chi connectivity index (χ1) is 13.1. The van der Waals surface area contributed by atoms with Crippen LogP contribution in [0.3, 0.4) is 0 Å². The number of hydrogen-bond acceptors (Lipinski definition) is 3. The number of carbonyl (C=O) groups excluding carboxylic acids is 2. The van der Waals surface area contributed by atoms with Crippen molar-refractivity contribution >= 4 is 11.9 Å². The molecule has 144 valence electrons. The lowest BCUT2D eigenvalue weighted by atomic mass is 10.1. The molecule has 0 saturated heterocycles. The van der Waals surface area contributed by atoms with Gasteiger partial charge in [-0.05, 0) is 37.8 Å². The van der Waals surface area contributed by atoms with Gasteiger partial charge in [-0.15, -0.1) is 0 Å². The molecule has 27 heavy (non-hydrogen) atoms. The normalized spacial score (nSPS) is 10.4. The first-order valence-electron chi connectivity index (χ1n) is 9.61. The smallest absolute Gasteiger partial charge is 0.307 e. The van der Waals surface area contributed by atoms with Crippen LogP contribution < -0.4 is 0 Å². The van der Waals surface area contributed by atoms with E-state index in [4.69, 9.17) is 4.74 Å². The number of carbonyl (C=O) groups is 2. The van der Waals surface area contributed by atoms with E-state index >= 15 is 0 Å². The summed E-state index contributed by atoms with van der Waals surface area (Å²) in [5, 5.41) is 0. The van der Waals surface area contributed by atoms with Gasteiger partial charge < -0.3 is 9.64 Å². The lowest BCUT2D eigenvalue weighted by Crippen LogP contribution is -2.32. The number of esters is 1. The maximum absolute atomic E-state index is 12.7. The second kappa shape index (κ2) is 11.2. The minimum absolute atomic E-state index is 0.0789. The zero-order valence-corrected chi connectivity index (χ0v) is 16.3. The number of amides is 1. The van der Waals surface area contributed by atoms with Crippen molar-refractivity contribution in [2.45, 2.75) is 46.1 Å². The third-order valence-corrected chi connectivity index (χ3v) is 4.44. The molecule has 0 radical (unpaired) electrons. The predicted octanol–water partition coefficient (Wildman–Crippen LogP) is 4.30. The molecule has 0 fully saturated rings. The van der Waals surface area contributed by atoms with Crippen molar-refractivity contribution in [2.24, 2.45) is 0 Å². The van der Waals surface area contributed by atoms with Gasteiger partial charge in [-0.25, -0.2) is 0 Å². The van der Waals surface area contributed by atoms with Crippen molar-refractivity contribution in [3.8, 4) is 0 Å². The highest BCUT2D eigenvalue weighted by molar-refractivity contribution is 5.77. The molecule has 0 saturated carbocycles. The van der Waals surface area contributed by atoms with E-state index in [1.54, 1.807) is 11.8 Å². The van der Waals surface area contributed by atoms with Gasteiger partial charge in [0.25, 0.3) is 0 Å². The molecule has 0 aliphatic carbocycles. The van der Waals surface area contributed by atoms with Gasteiger partial charge >= 0.3 is 5.97 Å². The SMILES string of the molecule is CCOC(=O)CCN(Cc1ccccc1)C(=O)CCCc1ccc(C)cc1. The first kappa shape index (κ1) is 20.7. The maximum Gasteiger partial charge on any atom is 0.307 e.